The lowest BCUT2D eigenvalue weighted by Crippen LogP contribution is -2.48. The van der Waals surface area contributed by atoms with Gasteiger partial charge in [0.1, 0.15) is 5.00 Å². The summed E-state index contributed by atoms with van der Waals surface area (Å²) in [5, 5.41) is 4.97. The van der Waals surface area contributed by atoms with Crippen LogP contribution in [0.25, 0.3) is 0 Å². The van der Waals surface area contributed by atoms with Crippen molar-refractivity contribution >= 4 is 51.4 Å². The highest BCUT2D eigenvalue weighted by atomic mass is 35.5. The van der Waals surface area contributed by atoms with Crippen LogP contribution in [0.5, 0.6) is 0 Å². The average molecular weight is 496 g/mol. The Balaban J connectivity index is 1.32. The molecule has 2 heterocycles. The summed E-state index contributed by atoms with van der Waals surface area (Å²) in [6.07, 6.45) is 2.87. The SMILES string of the molecule is CCOC(=O)c1c(NC(=O)CN2CCN(Cc3c(Cl)cccc3Cl)CC2)sc2c1CCC2. The molecule has 2 aliphatic rings. The number of carbonyl (C=O) groups is 2. The molecular formula is C23H27Cl2N3O3S. The number of aryl methyl sites for hydroxylation is 1. The van der Waals surface area contributed by atoms with Gasteiger partial charge >= 0.3 is 5.97 Å². The Kier molecular flexibility index (Phi) is 7.74. The van der Waals surface area contributed by atoms with E-state index in [9.17, 15) is 9.59 Å². The summed E-state index contributed by atoms with van der Waals surface area (Å²) in [6, 6.07) is 5.56. The summed E-state index contributed by atoms with van der Waals surface area (Å²) < 4.78 is 5.24. The number of amides is 1. The van der Waals surface area contributed by atoms with Crippen LogP contribution in [0.3, 0.4) is 0 Å². The first-order chi connectivity index (χ1) is 15.5. The largest absolute Gasteiger partial charge is 0.462 e. The maximum absolute atomic E-state index is 12.8. The van der Waals surface area contributed by atoms with Crippen molar-refractivity contribution in [3.8, 4) is 0 Å². The normalized spacial score (nSPS) is 16.7. The van der Waals surface area contributed by atoms with E-state index < -0.39 is 0 Å². The van der Waals surface area contributed by atoms with Crippen molar-refractivity contribution in [3.63, 3.8) is 0 Å². The Hall–Kier alpha value is -1.64. The number of ether oxygens (including phenoxy) is 1. The van der Waals surface area contributed by atoms with Gasteiger partial charge in [-0.1, -0.05) is 29.3 Å². The van der Waals surface area contributed by atoms with Crippen LogP contribution in [-0.2, 0) is 28.9 Å². The van der Waals surface area contributed by atoms with Gasteiger partial charge < -0.3 is 10.1 Å². The minimum atomic E-state index is -0.339. The predicted octanol–water partition coefficient (Wildman–Crippen LogP) is 4.48. The zero-order valence-electron chi connectivity index (χ0n) is 18.1. The molecule has 1 saturated heterocycles. The molecule has 0 atom stereocenters. The molecule has 0 radical (unpaired) electrons. The number of nitrogens with zero attached hydrogens (tertiary/aromatic N) is 2. The molecule has 2 aromatic rings. The number of benzene rings is 1. The number of carbonyl (C=O) groups excluding carboxylic acids is 2. The van der Waals surface area contributed by atoms with E-state index in [1.165, 1.54) is 16.2 Å². The first kappa shape index (κ1) is 23.5. The van der Waals surface area contributed by atoms with Gasteiger partial charge in [-0.05, 0) is 43.9 Å². The molecule has 1 fully saturated rings. The second-order valence-electron chi connectivity index (χ2n) is 8.08. The van der Waals surface area contributed by atoms with Crippen molar-refractivity contribution in [2.45, 2.75) is 32.7 Å². The van der Waals surface area contributed by atoms with E-state index in [-0.39, 0.29) is 11.9 Å². The number of esters is 1. The molecule has 9 heteroatoms. The Morgan fingerprint density at radius 1 is 1.09 bits per heavy atom. The van der Waals surface area contributed by atoms with Gasteiger partial charge in [-0.25, -0.2) is 4.79 Å². The number of nitrogens with one attached hydrogen (secondary N) is 1. The first-order valence-electron chi connectivity index (χ1n) is 10.9. The van der Waals surface area contributed by atoms with Crippen LogP contribution in [0.1, 0.15) is 39.7 Å². The summed E-state index contributed by atoms with van der Waals surface area (Å²) >= 11 is 14.1. The zero-order valence-corrected chi connectivity index (χ0v) is 20.4. The molecule has 1 amide bonds. The van der Waals surface area contributed by atoms with Gasteiger partial charge in [-0.3, -0.25) is 14.6 Å². The molecule has 32 heavy (non-hydrogen) atoms. The molecule has 1 aliphatic carbocycles. The van der Waals surface area contributed by atoms with Crippen LogP contribution in [0, 0.1) is 0 Å². The number of hydrogen-bond donors (Lipinski definition) is 1. The van der Waals surface area contributed by atoms with E-state index in [0.29, 0.717) is 40.3 Å². The standard InChI is InChI=1S/C23H27Cl2N3O3S/c1-2-31-23(30)21-15-5-3-8-19(15)32-22(21)26-20(29)14-28-11-9-27(10-12-28)13-16-17(24)6-4-7-18(16)25/h4,6-7H,2-3,5,8-14H2,1H3,(H,26,29). The Morgan fingerprint density at radius 2 is 1.78 bits per heavy atom. The quantitative estimate of drug-likeness (QED) is 0.573. The first-order valence-corrected chi connectivity index (χ1v) is 12.5. The number of anilines is 1. The molecule has 172 valence electrons. The topological polar surface area (TPSA) is 61.9 Å². The van der Waals surface area contributed by atoms with Gasteiger partial charge in [0, 0.05) is 53.2 Å². The van der Waals surface area contributed by atoms with Crippen LogP contribution < -0.4 is 5.32 Å². The van der Waals surface area contributed by atoms with E-state index in [2.05, 4.69) is 15.1 Å². The Bertz CT molecular complexity index is 982. The minimum Gasteiger partial charge on any atom is -0.462 e. The molecule has 1 aromatic carbocycles. The van der Waals surface area contributed by atoms with Crippen molar-refractivity contribution in [2.24, 2.45) is 0 Å². The summed E-state index contributed by atoms with van der Waals surface area (Å²) in [7, 11) is 0. The van der Waals surface area contributed by atoms with Gasteiger partial charge in [0.05, 0.1) is 18.7 Å². The van der Waals surface area contributed by atoms with Gasteiger partial charge in [-0.15, -0.1) is 11.3 Å². The number of fused-ring (bicyclic) bond motifs is 1. The number of rotatable bonds is 7. The van der Waals surface area contributed by atoms with Gasteiger partial charge in [0.25, 0.3) is 0 Å². The van der Waals surface area contributed by atoms with E-state index in [1.807, 2.05) is 18.2 Å². The van der Waals surface area contributed by atoms with E-state index >= 15 is 0 Å². The minimum absolute atomic E-state index is 0.0990. The second kappa shape index (κ2) is 10.5. The fourth-order valence-corrected chi connectivity index (χ4v) is 6.10. The average Bonchev–Trinajstić information content (AvgIpc) is 3.33. The van der Waals surface area contributed by atoms with E-state index in [0.717, 1.165) is 56.6 Å². The number of piperazine rings is 1. The number of thiophene rings is 1. The Morgan fingerprint density at radius 3 is 2.47 bits per heavy atom. The molecule has 1 aliphatic heterocycles. The summed E-state index contributed by atoms with van der Waals surface area (Å²) in [4.78, 5) is 30.9. The molecule has 1 aromatic heterocycles. The smallest absolute Gasteiger partial charge is 0.341 e. The van der Waals surface area contributed by atoms with Crippen molar-refractivity contribution in [1.82, 2.24) is 9.80 Å². The number of halogens is 2. The lowest BCUT2D eigenvalue weighted by molar-refractivity contribution is -0.117. The van der Waals surface area contributed by atoms with Gasteiger partial charge in [0.2, 0.25) is 5.91 Å². The highest BCUT2D eigenvalue weighted by molar-refractivity contribution is 7.17. The van der Waals surface area contributed by atoms with Crippen LogP contribution in [-0.4, -0.2) is 61.0 Å². The lowest BCUT2D eigenvalue weighted by atomic mass is 10.1. The molecular weight excluding hydrogens is 469 g/mol. The van der Waals surface area contributed by atoms with Gasteiger partial charge in [-0.2, -0.15) is 0 Å². The number of hydrogen-bond acceptors (Lipinski definition) is 6. The fourth-order valence-electron chi connectivity index (χ4n) is 4.29. The van der Waals surface area contributed by atoms with E-state index in [1.54, 1.807) is 6.92 Å². The Labute approximate surface area is 202 Å². The van der Waals surface area contributed by atoms with Crippen molar-refractivity contribution in [2.75, 3.05) is 44.6 Å². The maximum Gasteiger partial charge on any atom is 0.341 e. The summed E-state index contributed by atoms with van der Waals surface area (Å²) in [6.45, 7) is 6.32. The van der Waals surface area contributed by atoms with E-state index in [4.69, 9.17) is 27.9 Å². The van der Waals surface area contributed by atoms with Crippen molar-refractivity contribution in [3.05, 3.63) is 49.8 Å². The molecule has 6 nitrogen and oxygen atoms in total. The predicted molar refractivity (Wildman–Crippen MR) is 129 cm³/mol. The highest BCUT2D eigenvalue weighted by Crippen LogP contribution is 2.39. The van der Waals surface area contributed by atoms with Crippen molar-refractivity contribution < 1.29 is 14.3 Å². The third kappa shape index (κ3) is 5.29. The van der Waals surface area contributed by atoms with Crippen LogP contribution in [0.4, 0.5) is 5.00 Å². The second-order valence-corrected chi connectivity index (χ2v) is 10.0. The van der Waals surface area contributed by atoms with Crippen LogP contribution in [0.2, 0.25) is 10.0 Å². The molecule has 0 spiro atoms. The van der Waals surface area contributed by atoms with Crippen LogP contribution >= 0.6 is 34.5 Å². The summed E-state index contributed by atoms with van der Waals surface area (Å²) in [5.74, 6) is -0.438. The lowest BCUT2D eigenvalue weighted by Gasteiger charge is -2.34. The third-order valence-corrected chi connectivity index (χ3v) is 7.84. The molecule has 0 unspecified atom stereocenters. The van der Waals surface area contributed by atoms with Crippen molar-refractivity contribution in [1.29, 1.82) is 0 Å². The molecule has 4 rings (SSSR count). The highest BCUT2D eigenvalue weighted by Gasteiger charge is 2.29. The third-order valence-electron chi connectivity index (χ3n) is 5.93. The monoisotopic (exact) mass is 495 g/mol. The molecule has 1 N–H and O–H groups in total. The molecule has 0 saturated carbocycles. The summed E-state index contributed by atoms with van der Waals surface area (Å²) in [5.41, 5.74) is 2.55. The van der Waals surface area contributed by atoms with Gasteiger partial charge in [0.15, 0.2) is 0 Å². The zero-order chi connectivity index (χ0) is 22.7. The van der Waals surface area contributed by atoms with Crippen LogP contribution in [0.15, 0.2) is 18.2 Å². The molecule has 0 bridgehead atoms. The fraction of sp³-hybridized carbons (Fsp3) is 0.478. The maximum atomic E-state index is 12.8.